The predicted molar refractivity (Wildman–Crippen MR) is 58.8 cm³/mol. The average molecular weight is 227 g/mol. The van der Waals surface area contributed by atoms with Gasteiger partial charge in [0.1, 0.15) is 0 Å². The molecule has 0 aliphatic rings. The van der Waals surface area contributed by atoms with Crippen LogP contribution < -0.4 is 0 Å². The number of carbonyl (C=O) groups is 1. The van der Waals surface area contributed by atoms with Crippen molar-refractivity contribution in [2.24, 2.45) is 0 Å². The summed E-state index contributed by atoms with van der Waals surface area (Å²) in [6.07, 6.45) is 0. The molecule has 0 radical (unpaired) electrons. The minimum Gasteiger partial charge on any atom is -0.274 e. The van der Waals surface area contributed by atoms with Gasteiger partial charge in [0.2, 0.25) is 0 Å². The van der Waals surface area contributed by atoms with Gasteiger partial charge in [-0.2, -0.15) is 0 Å². The SMILES string of the molecule is CON(C)C(=O)c1cc2sccc2s1. The zero-order valence-corrected chi connectivity index (χ0v) is 9.45. The predicted octanol–water partition coefficient (Wildman–Crippen LogP) is 2.60. The molecule has 0 saturated carbocycles. The lowest BCUT2D eigenvalue weighted by Crippen LogP contribution is -2.24. The smallest absolute Gasteiger partial charge is 0.274 e. The Morgan fingerprint density at radius 2 is 2.29 bits per heavy atom. The summed E-state index contributed by atoms with van der Waals surface area (Å²) in [4.78, 5) is 17.2. The molecule has 0 bridgehead atoms. The third kappa shape index (κ3) is 1.54. The van der Waals surface area contributed by atoms with E-state index in [4.69, 9.17) is 4.84 Å². The Labute approximate surface area is 89.5 Å². The largest absolute Gasteiger partial charge is 0.287 e. The van der Waals surface area contributed by atoms with E-state index in [0.717, 1.165) is 14.3 Å². The number of rotatable bonds is 2. The van der Waals surface area contributed by atoms with Crippen LogP contribution in [0.3, 0.4) is 0 Å². The lowest BCUT2D eigenvalue weighted by molar-refractivity contribution is -0.0753. The summed E-state index contributed by atoms with van der Waals surface area (Å²) in [7, 11) is 3.09. The van der Waals surface area contributed by atoms with E-state index < -0.39 is 0 Å². The molecule has 0 aliphatic carbocycles. The van der Waals surface area contributed by atoms with Gasteiger partial charge in [0.05, 0.1) is 12.0 Å². The molecule has 0 unspecified atom stereocenters. The molecule has 2 heterocycles. The third-order valence-corrected chi connectivity index (χ3v) is 3.99. The van der Waals surface area contributed by atoms with Gasteiger partial charge in [0.25, 0.3) is 5.91 Å². The fourth-order valence-electron chi connectivity index (χ4n) is 1.11. The zero-order chi connectivity index (χ0) is 10.1. The standard InChI is InChI=1S/C9H9NO2S2/c1-10(12-2)9(11)8-5-7-6(14-8)3-4-13-7/h3-5H,1-2H3. The second-order valence-electron chi connectivity index (χ2n) is 2.74. The summed E-state index contributed by atoms with van der Waals surface area (Å²) in [5.74, 6) is -0.0964. The van der Waals surface area contributed by atoms with Crippen LogP contribution in [0.4, 0.5) is 0 Å². The highest BCUT2D eigenvalue weighted by atomic mass is 32.1. The molecular formula is C9H9NO2S2. The van der Waals surface area contributed by atoms with Crippen molar-refractivity contribution in [2.75, 3.05) is 14.2 Å². The second-order valence-corrected chi connectivity index (χ2v) is 4.78. The molecule has 1 amide bonds. The molecule has 0 aromatic carbocycles. The van der Waals surface area contributed by atoms with Crippen LogP contribution in [0, 0.1) is 0 Å². The quantitative estimate of drug-likeness (QED) is 0.738. The molecule has 14 heavy (non-hydrogen) atoms. The number of thiophene rings is 2. The molecule has 0 spiro atoms. The van der Waals surface area contributed by atoms with Gasteiger partial charge in [-0.25, -0.2) is 5.06 Å². The first-order valence-corrected chi connectivity index (χ1v) is 5.71. The summed E-state index contributed by atoms with van der Waals surface area (Å²) >= 11 is 3.14. The van der Waals surface area contributed by atoms with Crippen molar-refractivity contribution in [3.8, 4) is 0 Å². The Bertz CT molecular complexity index is 432. The summed E-state index contributed by atoms with van der Waals surface area (Å²) in [6, 6.07) is 3.93. The van der Waals surface area contributed by atoms with E-state index in [1.165, 1.54) is 23.5 Å². The minimum atomic E-state index is -0.0964. The Balaban J connectivity index is 2.35. The molecule has 2 aromatic rings. The van der Waals surface area contributed by atoms with Gasteiger partial charge in [-0.1, -0.05) is 0 Å². The van der Waals surface area contributed by atoms with Crippen LogP contribution in [0.25, 0.3) is 9.40 Å². The van der Waals surface area contributed by atoms with Crippen LogP contribution >= 0.6 is 22.7 Å². The number of amides is 1. The van der Waals surface area contributed by atoms with Gasteiger partial charge in [-0.15, -0.1) is 22.7 Å². The normalized spacial score (nSPS) is 10.7. The van der Waals surface area contributed by atoms with E-state index >= 15 is 0 Å². The first-order chi connectivity index (χ1) is 6.72. The Kier molecular flexibility index (Phi) is 2.54. The van der Waals surface area contributed by atoms with E-state index in [1.807, 2.05) is 17.5 Å². The van der Waals surface area contributed by atoms with Gasteiger partial charge >= 0.3 is 0 Å². The van der Waals surface area contributed by atoms with Crippen molar-refractivity contribution in [2.45, 2.75) is 0 Å². The highest BCUT2D eigenvalue weighted by Crippen LogP contribution is 2.30. The van der Waals surface area contributed by atoms with Crippen molar-refractivity contribution in [1.82, 2.24) is 5.06 Å². The van der Waals surface area contributed by atoms with Crippen LogP contribution in [-0.2, 0) is 4.84 Å². The van der Waals surface area contributed by atoms with Gasteiger partial charge in [0.15, 0.2) is 0 Å². The van der Waals surface area contributed by atoms with Crippen LogP contribution in [0.5, 0.6) is 0 Å². The lowest BCUT2D eigenvalue weighted by Gasteiger charge is -2.11. The molecule has 0 atom stereocenters. The number of hydrogen-bond donors (Lipinski definition) is 0. The maximum atomic E-state index is 11.7. The number of fused-ring (bicyclic) bond motifs is 1. The van der Waals surface area contributed by atoms with Crippen molar-refractivity contribution in [3.63, 3.8) is 0 Å². The van der Waals surface area contributed by atoms with E-state index in [2.05, 4.69) is 0 Å². The molecule has 0 N–H and O–H groups in total. The van der Waals surface area contributed by atoms with Gasteiger partial charge < -0.3 is 0 Å². The van der Waals surface area contributed by atoms with Crippen molar-refractivity contribution in [3.05, 3.63) is 22.4 Å². The summed E-state index contributed by atoms with van der Waals surface area (Å²) in [5, 5.41) is 3.25. The van der Waals surface area contributed by atoms with Crippen LogP contribution in [0.2, 0.25) is 0 Å². The van der Waals surface area contributed by atoms with Gasteiger partial charge in [0, 0.05) is 16.4 Å². The van der Waals surface area contributed by atoms with E-state index in [0.29, 0.717) is 0 Å². The summed E-state index contributed by atoms with van der Waals surface area (Å²) < 4.78 is 2.31. The fraction of sp³-hybridized carbons (Fsp3) is 0.222. The molecule has 2 rings (SSSR count). The van der Waals surface area contributed by atoms with Gasteiger partial charge in [-0.3, -0.25) is 9.63 Å². The monoisotopic (exact) mass is 227 g/mol. The Morgan fingerprint density at radius 3 is 2.93 bits per heavy atom. The molecule has 0 fully saturated rings. The van der Waals surface area contributed by atoms with E-state index in [1.54, 1.807) is 18.4 Å². The van der Waals surface area contributed by atoms with Crippen molar-refractivity contribution >= 4 is 38.0 Å². The summed E-state index contributed by atoms with van der Waals surface area (Å²) in [5.41, 5.74) is 0. The average Bonchev–Trinajstić information content (AvgIpc) is 2.74. The molecule has 5 heteroatoms. The van der Waals surface area contributed by atoms with Crippen molar-refractivity contribution < 1.29 is 9.63 Å². The number of nitrogens with zero attached hydrogens (tertiary/aromatic N) is 1. The lowest BCUT2D eigenvalue weighted by atomic mass is 10.4. The molecule has 2 aromatic heterocycles. The minimum absolute atomic E-state index is 0.0964. The zero-order valence-electron chi connectivity index (χ0n) is 7.81. The fourth-order valence-corrected chi connectivity index (χ4v) is 3.19. The number of carbonyl (C=O) groups excluding carboxylic acids is 1. The Hall–Kier alpha value is -0.910. The molecule has 0 aliphatic heterocycles. The van der Waals surface area contributed by atoms with Crippen LogP contribution in [0.1, 0.15) is 9.67 Å². The van der Waals surface area contributed by atoms with Crippen LogP contribution in [0.15, 0.2) is 17.5 Å². The third-order valence-electron chi connectivity index (χ3n) is 1.91. The van der Waals surface area contributed by atoms with Crippen LogP contribution in [-0.4, -0.2) is 25.1 Å². The first-order valence-electron chi connectivity index (χ1n) is 4.01. The van der Waals surface area contributed by atoms with Gasteiger partial charge in [-0.05, 0) is 17.5 Å². The molecular weight excluding hydrogens is 218 g/mol. The molecule has 0 saturated heterocycles. The van der Waals surface area contributed by atoms with E-state index in [-0.39, 0.29) is 5.91 Å². The highest BCUT2D eigenvalue weighted by molar-refractivity contribution is 7.27. The number of hydroxylamine groups is 2. The molecule has 3 nitrogen and oxygen atoms in total. The topological polar surface area (TPSA) is 29.5 Å². The van der Waals surface area contributed by atoms with E-state index in [9.17, 15) is 4.79 Å². The maximum absolute atomic E-state index is 11.7. The number of hydrogen-bond acceptors (Lipinski definition) is 4. The second kappa shape index (κ2) is 3.68. The Morgan fingerprint density at radius 1 is 1.50 bits per heavy atom. The van der Waals surface area contributed by atoms with Crippen molar-refractivity contribution in [1.29, 1.82) is 0 Å². The summed E-state index contributed by atoms with van der Waals surface area (Å²) in [6.45, 7) is 0. The molecule has 74 valence electrons. The highest BCUT2D eigenvalue weighted by Gasteiger charge is 2.14. The maximum Gasteiger partial charge on any atom is 0.287 e. The first kappa shape index (κ1) is 9.64.